The first-order valence-corrected chi connectivity index (χ1v) is 6.26. The lowest BCUT2D eigenvalue weighted by atomic mass is 10.3. The summed E-state index contributed by atoms with van der Waals surface area (Å²) in [6.45, 7) is 1.97. The van der Waals surface area contributed by atoms with Crippen LogP contribution < -0.4 is 0 Å². The van der Waals surface area contributed by atoms with Crippen LogP contribution in [0.25, 0.3) is 0 Å². The first kappa shape index (κ1) is 12.8. The first-order chi connectivity index (χ1) is 7.63. The van der Waals surface area contributed by atoms with Crippen LogP contribution in [0.2, 0.25) is 0 Å². The van der Waals surface area contributed by atoms with Gasteiger partial charge in [0.05, 0.1) is 5.69 Å². The number of hydrogen-bond donors (Lipinski definition) is 0. The van der Waals surface area contributed by atoms with Gasteiger partial charge < -0.3 is 4.90 Å². The van der Waals surface area contributed by atoms with Gasteiger partial charge in [-0.3, -0.25) is 0 Å². The van der Waals surface area contributed by atoms with E-state index in [1.54, 1.807) is 11.8 Å². The molecule has 0 aliphatic rings. The fraction of sp³-hybridized carbons (Fsp3) is 0.333. The Morgan fingerprint density at radius 3 is 2.31 bits per heavy atom. The summed E-state index contributed by atoms with van der Waals surface area (Å²) in [6, 6.07) is 9.86. The van der Waals surface area contributed by atoms with Gasteiger partial charge in [0, 0.05) is 14.1 Å². The fourth-order valence-electron chi connectivity index (χ4n) is 0.968. The van der Waals surface area contributed by atoms with E-state index in [-0.39, 0.29) is 0 Å². The van der Waals surface area contributed by atoms with E-state index in [0.717, 1.165) is 16.7 Å². The van der Waals surface area contributed by atoms with Crippen LogP contribution in [0.5, 0.6) is 0 Å². The molecule has 0 heterocycles. The van der Waals surface area contributed by atoms with Gasteiger partial charge in [0.15, 0.2) is 5.17 Å². The maximum absolute atomic E-state index is 4.46. The third kappa shape index (κ3) is 4.06. The van der Waals surface area contributed by atoms with E-state index in [9.17, 15) is 0 Å². The quantitative estimate of drug-likeness (QED) is 0.553. The summed E-state index contributed by atoms with van der Waals surface area (Å²) in [5.41, 5.74) is 0.933. The van der Waals surface area contributed by atoms with Crippen molar-refractivity contribution in [2.75, 3.05) is 20.4 Å². The minimum absolute atomic E-state index is 0.775. The molecule has 0 amide bonds. The van der Waals surface area contributed by atoms with Gasteiger partial charge in [-0.2, -0.15) is 0 Å². The molecule has 1 aromatic rings. The van der Waals surface area contributed by atoms with Crippen LogP contribution in [0, 0.1) is 0 Å². The summed E-state index contributed by atoms with van der Waals surface area (Å²) < 4.78 is 0. The lowest BCUT2D eigenvalue weighted by molar-refractivity contribution is 0.620. The molecule has 1 aromatic carbocycles. The normalized spacial score (nSPS) is 12.8. The number of benzene rings is 1. The summed E-state index contributed by atoms with van der Waals surface area (Å²) in [5.74, 6) is 0.948. The van der Waals surface area contributed by atoms with Gasteiger partial charge in [-0.15, -0.1) is 0 Å². The Morgan fingerprint density at radius 1 is 1.19 bits per heavy atom. The SMILES string of the molecule is CSC(=Nc1ccccc1)/N=C(\C)N(C)C. The highest BCUT2D eigenvalue weighted by atomic mass is 32.2. The van der Waals surface area contributed by atoms with Crippen molar-refractivity contribution in [1.29, 1.82) is 0 Å². The molecule has 0 N–H and O–H groups in total. The van der Waals surface area contributed by atoms with E-state index in [0.29, 0.717) is 0 Å². The molecule has 0 aromatic heterocycles. The molecule has 0 unspecified atom stereocenters. The molecule has 0 fully saturated rings. The Bertz CT molecular complexity index is 383. The summed E-state index contributed by atoms with van der Waals surface area (Å²) in [4.78, 5) is 10.9. The van der Waals surface area contributed by atoms with Gasteiger partial charge in [-0.1, -0.05) is 30.0 Å². The average Bonchev–Trinajstić information content (AvgIpc) is 2.29. The molecule has 0 bridgehead atoms. The predicted molar refractivity (Wildman–Crippen MR) is 73.8 cm³/mol. The van der Waals surface area contributed by atoms with E-state index in [1.807, 2.05) is 62.5 Å². The van der Waals surface area contributed by atoms with Crippen LogP contribution in [0.15, 0.2) is 40.3 Å². The molecule has 86 valence electrons. The second kappa shape index (κ2) is 6.33. The van der Waals surface area contributed by atoms with Gasteiger partial charge >= 0.3 is 0 Å². The van der Waals surface area contributed by atoms with Crippen molar-refractivity contribution >= 4 is 28.5 Å². The van der Waals surface area contributed by atoms with Crippen LogP contribution in [0.3, 0.4) is 0 Å². The van der Waals surface area contributed by atoms with Crippen LogP contribution in [-0.2, 0) is 0 Å². The maximum atomic E-state index is 4.46. The molecule has 0 aliphatic carbocycles. The monoisotopic (exact) mass is 235 g/mol. The van der Waals surface area contributed by atoms with Gasteiger partial charge in [-0.05, 0) is 25.3 Å². The van der Waals surface area contributed by atoms with Gasteiger partial charge in [0.1, 0.15) is 5.84 Å². The Balaban J connectivity index is 2.91. The molecule has 0 aliphatic heterocycles. The first-order valence-electron chi connectivity index (χ1n) is 5.04. The smallest absolute Gasteiger partial charge is 0.189 e. The van der Waals surface area contributed by atoms with Crippen molar-refractivity contribution in [1.82, 2.24) is 4.90 Å². The van der Waals surface area contributed by atoms with Crippen molar-refractivity contribution in [3.8, 4) is 0 Å². The second-order valence-electron chi connectivity index (χ2n) is 3.49. The van der Waals surface area contributed by atoms with Crippen molar-refractivity contribution in [2.45, 2.75) is 6.92 Å². The standard InChI is InChI=1S/C12H17N3S/c1-10(15(2)3)13-12(16-4)14-11-8-6-5-7-9-11/h5-9H,1-4H3/b13-10+,14-12?. The van der Waals surface area contributed by atoms with Crippen molar-refractivity contribution in [3.63, 3.8) is 0 Å². The largest absolute Gasteiger partial charge is 0.366 e. The molecule has 3 nitrogen and oxygen atoms in total. The molecule has 0 radical (unpaired) electrons. The van der Waals surface area contributed by atoms with Crippen LogP contribution in [0.1, 0.15) is 6.92 Å². The highest BCUT2D eigenvalue weighted by molar-refractivity contribution is 8.13. The van der Waals surface area contributed by atoms with Crippen LogP contribution in [-0.4, -0.2) is 36.3 Å². The number of para-hydroxylation sites is 1. The number of rotatable bonds is 1. The molecule has 16 heavy (non-hydrogen) atoms. The number of aliphatic imine (C=N–C) groups is 2. The van der Waals surface area contributed by atoms with Gasteiger partial charge in [-0.25, -0.2) is 9.98 Å². The van der Waals surface area contributed by atoms with E-state index >= 15 is 0 Å². The summed E-state index contributed by atoms with van der Waals surface area (Å²) in [7, 11) is 3.94. The fourth-order valence-corrected chi connectivity index (χ4v) is 1.39. The lowest BCUT2D eigenvalue weighted by Crippen LogP contribution is -2.19. The summed E-state index contributed by atoms with van der Waals surface area (Å²) in [5, 5.41) is 0.775. The minimum atomic E-state index is 0.775. The Kier molecular flexibility index (Phi) is 5.05. The predicted octanol–water partition coefficient (Wildman–Crippen LogP) is 3.02. The third-order valence-electron chi connectivity index (χ3n) is 2.07. The molecule has 4 heteroatoms. The van der Waals surface area contributed by atoms with Crippen molar-refractivity contribution < 1.29 is 0 Å². The maximum Gasteiger partial charge on any atom is 0.189 e. The van der Waals surface area contributed by atoms with E-state index < -0.39 is 0 Å². The van der Waals surface area contributed by atoms with Crippen LogP contribution in [0.4, 0.5) is 5.69 Å². The Labute approximate surface area is 101 Å². The zero-order valence-corrected chi connectivity index (χ0v) is 11.0. The molecule has 0 atom stereocenters. The van der Waals surface area contributed by atoms with Gasteiger partial charge in [0.2, 0.25) is 0 Å². The average molecular weight is 235 g/mol. The Hall–Kier alpha value is -1.29. The van der Waals surface area contributed by atoms with E-state index in [2.05, 4.69) is 9.98 Å². The number of thioether (sulfide) groups is 1. The molecular formula is C12H17N3S. The van der Waals surface area contributed by atoms with E-state index in [1.165, 1.54) is 0 Å². The second-order valence-corrected chi connectivity index (χ2v) is 4.26. The highest BCUT2D eigenvalue weighted by Crippen LogP contribution is 2.14. The molecule has 1 rings (SSSR count). The molecule has 0 saturated heterocycles. The van der Waals surface area contributed by atoms with Crippen LogP contribution >= 0.6 is 11.8 Å². The minimum Gasteiger partial charge on any atom is -0.366 e. The topological polar surface area (TPSA) is 28.0 Å². The number of nitrogens with zero attached hydrogens (tertiary/aromatic N) is 3. The van der Waals surface area contributed by atoms with Crippen molar-refractivity contribution in [2.24, 2.45) is 9.98 Å². The Morgan fingerprint density at radius 2 is 1.81 bits per heavy atom. The highest BCUT2D eigenvalue weighted by Gasteiger charge is 1.98. The lowest BCUT2D eigenvalue weighted by Gasteiger charge is -2.10. The van der Waals surface area contributed by atoms with E-state index in [4.69, 9.17) is 0 Å². The van der Waals surface area contributed by atoms with Crippen molar-refractivity contribution in [3.05, 3.63) is 30.3 Å². The molecular weight excluding hydrogens is 218 g/mol. The third-order valence-corrected chi connectivity index (χ3v) is 2.62. The number of amidine groups is 2. The molecule has 0 spiro atoms. The zero-order chi connectivity index (χ0) is 12.0. The number of hydrogen-bond acceptors (Lipinski definition) is 2. The summed E-state index contributed by atoms with van der Waals surface area (Å²) >= 11 is 1.55. The van der Waals surface area contributed by atoms with Gasteiger partial charge in [0.25, 0.3) is 0 Å². The zero-order valence-electron chi connectivity index (χ0n) is 10.1. The summed E-state index contributed by atoms with van der Waals surface area (Å²) in [6.07, 6.45) is 1.98. The molecule has 0 saturated carbocycles.